The molecule has 124 valence electrons. The number of hydrogen-bond donors (Lipinski definition) is 0. The molecule has 1 aliphatic rings. The van der Waals surface area contributed by atoms with Crippen molar-refractivity contribution in [1.29, 1.82) is 0 Å². The fraction of sp³-hybridized carbons (Fsp3) is 0.647. The van der Waals surface area contributed by atoms with Gasteiger partial charge in [0.05, 0.1) is 5.92 Å². The number of rotatable bonds is 5. The van der Waals surface area contributed by atoms with Crippen LogP contribution in [0.1, 0.15) is 51.0 Å². The summed E-state index contributed by atoms with van der Waals surface area (Å²) < 4.78 is 59.9. The van der Waals surface area contributed by atoms with E-state index < -0.39 is 29.4 Å². The summed E-state index contributed by atoms with van der Waals surface area (Å²) in [4.78, 5) is 0. The van der Waals surface area contributed by atoms with Crippen LogP contribution in [0.5, 0.6) is 5.75 Å². The van der Waals surface area contributed by atoms with E-state index in [1.165, 1.54) is 6.92 Å². The molecule has 5 heteroatoms. The predicted molar refractivity (Wildman–Crippen MR) is 77.0 cm³/mol. The molecule has 1 aromatic rings. The van der Waals surface area contributed by atoms with Crippen molar-refractivity contribution in [3.05, 3.63) is 29.3 Å². The third-order valence-electron chi connectivity index (χ3n) is 4.53. The van der Waals surface area contributed by atoms with Crippen molar-refractivity contribution in [3.63, 3.8) is 0 Å². The number of hydrogen-bond acceptors (Lipinski definition) is 1. The fourth-order valence-corrected chi connectivity index (χ4v) is 3.12. The van der Waals surface area contributed by atoms with Crippen molar-refractivity contribution in [3.8, 4) is 5.75 Å². The first-order valence-electron chi connectivity index (χ1n) is 7.86. The van der Waals surface area contributed by atoms with Gasteiger partial charge in [0.25, 0.3) is 0 Å². The Hall–Kier alpha value is -1.26. The molecule has 0 bridgehead atoms. The highest BCUT2D eigenvalue weighted by molar-refractivity contribution is 5.30. The van der Waals surface area contributed by atoms with Gasteiger partial charge in [0.2, 0.25) is 0 Å². The van der Waals surface area contributed by atoms with Crippen molar-refractivity contribution < 1.29 is 22.3 Å². The summed E-state index contributed by atoms with van der Waals surface area (Å²) in [6, 6.07) is 1.63. The van der Waals surface area contributed by atoms with Crippen LogP contribution in [0, 0.1) is 30.4 Å². The van der Waals surface area contributed by atoms with E-state index in [-0.39, 0.29) is 5.56 Å². The minimum Gasteiger partial charge on any atom is -0.432 e. The van der Waals surface area contributed by atoms with Gasteiger partial charge >= 0.3 is 6.11 Å². The molecule has 1 fully saturated rings. The average molecular weight is 318 g/mol. The number of benzene rings is 1. The number of alkyl halides is 2. The first kappa shape index (κ1) is 17.1. The minimum absolute atomic E-state index is 0.198. The summed E-state index contributed by atoms with van der Waals surface area (Å²) >= 11 is 0. The zero-order valence-corrected chi connectivity index (χ0v) is 13.0. The smallest absolute Gasteiger partial charge is 0.400 e. The Morgan fingerprint density at radius 1 is 1.09 bits per heavy atom. The maximum atomic E-state index is 14.2. The van der Waals surface area contributed by atoms with Gasteiger partial charge in [-0.25, -0.2) is 8.78 Å². The van der Waals surface area contributed by atoms with Crippen LogP contribution in [0.4, 0.5) is 17.6 Å². The Kier molecular flexibility index (Phi) is 5.35. The highest BCUT2D eigenvalue weighted by atomic mass is 19.3. The van der Waals surface area contributed by atoms with Crippen LogP contribution in [0.15, 0.2) is 12.1 Å². The van der Waals surface area contributed by atoms with Crippen LogP contribution in [-0.2, 0) is 0 Å². The van der Waals surface area contributed by atoms with Gasteiger partial charge in [-0.1, -0.05) is 19.8 Å². The second-order valence-electron chi connectivity index (χ2n) is 6.18. The van der Waals surface area contributed by atoms with E-state index in [1.807, 2.05) is 0 Å². The van der Waals surface area contributed by atoms with Crippen LogP contribution in [0.25, 0.3) is 0 Å². The quantitative estimate of drug-likeness (QED) is 0.619. The van der Waals surface area contributed by atoms with Crippen LogP contribution in [0.3, 0.4) is 0 Å². The van der Waals surface area contributed by atoms with E-state index in [9.17, 15) is 17.6 Å². The van der Waals surface area contributed by atoms with Crippen molar-refractivity contribution in [2.45, 2.75) is 58.5 Å². The van der Waals surface area contributed by atoms with Gasteiger partial charge in [-0.2, -0.15) is 8.78 Å². The molecule has 0 aliphatic heterocycles. The lowest BCUT2D eigenvalue weighted by molar-refractivity contribution is -0.223. The van der Waals surface area contributed by atoms with Crippen molar-refractivity contribution >= 4 is 0 Å². The summed E-state index contributed by atoms with van der Waals surface area (Å²) in [5.41, 5.74) is -0.198. The Labute approximate surface area is 128 Å². The first-order valence-corrected chi connectivity index (χ1v) is 7.86. The van der Waals surface area contributed by atoms with E-state index >= 15 is 0 Å². The highest BCUT2D eigenvalue weighted by Crippen LogP contribution is 2.41. The van der Waals surface area contributed by atoms with Crippen LogP contribution in [-0.4, -0.2) is 6.11 Å². The Morgan fingerprint density at radius 3 is 2.14 bits per heavy atom. The monoisotopic (exact) mass is 318 g/mol. The molecule has 1 aliphatic carbocycles. The van der Waals surface area contributed by atoms with Gasteiger partial charge in [0, 0.05) is 17.7 Å². The molecule has 0 spiro atoms. The molecule has 22 heavy (non-hydrogen) atoms. The van der Waals surface area contributed by atoms with E-state index in [4.69, 9.17) is 0 Å². The van der Waals surface area contributed by atoms with Gasteiger partial charge in [-0.15, -0.1) is 0 Å². The van der Waals surface area contributed by atoms with Gasteiger partial charge in [-0.3, -0.25) is 0 Å². The normalized spacial score (nSPS) is 22.6. The first-order chi connectivity index (χ1) is 10.3. The van der Waals surface area contributed by atoms with Crippen molar-refractivity contribution in [1.82, 2.24) is 0 Å². The predicted octanol–water partition coefficient (Wildman–Crippen LogP) is 5.85. The van der Waals surface area contributed by atoms with E-state index in [1.54, 1.807) is 0 Å². The zero-order chi connectivity index (χ0) is 16.3. The average Bonchev–Trinajstić information content (AvgIpc) is 2.45. The zero-order valence-electron chi connectivity index (χ0n) is 13.0. The number of ether oxygens (including phenoxy) is 1. The lowest BCUT2D eigenvalue weighted by Gasteiger charge is -2.33. The SMILES string of the molecule is CCCC1CCC(C(F)(F)Oc2cc(F)c(C)c(F)c2)CC1. The summed E-state index contributed by atoms with van der Waals surface area (Å²) in [7, 11) is 0. The molecule has 0 radical (unpaired) electrons. The molecular formula is C17H22F4O. The Bertz CT molecular complexity index is 484. The van der Waals surface area contributed by atoms with E-state index in [2.05, 4.69) is 11.7 Å². The highest BCUT2D eigenvalue weighted by Gasteiger charge is 2.44. The second kappa shape index (κ2) is 6.88. The lowest BCUT2D eigenvalue weighted by atomic mass is 9.79. The van der Waals surface area contributed by atoms with E-state index in [0.29, 0.717) is 18.8 Å². The van der Waals surface area contributed by atoms with E-state index in [0.717, 1.165) is 37.8 Å². The standard InChI is InChI=1S/C17H22F4O/c1-3-4-12-5-7-13(8-6-12)17(20,21)22-14-9-15(18)11(2)16(19)10-14/h9-10,12-13H,3-8H2,1-2H3. The van der Waals surface area contributed by atoms with Gasteiger partial charge in [0.1, 0.15) is 17.4 Å². The van der Waals surface area contributed by atoms with Gasteiger partial charge < -0.3 is 4.74 Å². The maximum Gasteiger partial charge on any atom is 0.400 e. The van der Waals surface area contributed by atoms with Crippen LogP contribution in [0.2, 0.25) is 0 Å². The molecule has 0 unspecified atom stereocenters. The molecule has 1 saturated carbocycles. The summed E-state index contributed by atoms with van der Waals surface area (Å²) in [6.07, 6.45) is 1.01. The molecule has 0 saturated heterocycles. The van der Waals surface area contributed by atoms with Crippen molar-refractivity contribution in [2.75, 3.05) is 0 Å². The molecule has 1 aromatic carbocycles. The van der Waals surface area contributed by atoms with Gasteiger partial charge in [0.15, 0.2) is 0 Å². The Morgan fingerprint density at radius 2 is 1.64 bits per heavy atom. The molecular weight excluding hydrogens is 296 g/mol. The third-order valence-corrected chi connectivity index (χ3v) is 4.53. The molecule has 0 heterocycles. The molecule has 0 amide bonds. The topological polar surface area (TPSA) is 9.23 Å². The number of halogens is 4. The fourth-order valence-electron chi connectivity index (χ4n) is 3.12. The molecule has 0 N–H and O–H groups in total. The summed E-state index contributed by atoms with van der Waals surface area (Å²) in [5.74, 6) is -2.60. The minimum atomic E-state index is -3.40. The van der Waals surface area contributed by atoms with Crippen molar-refractivity contribution in [2.24, 2.45) is 11.8 Å². The largest absolute Gasteiger partial charge is 0.432 e. The summed E-state index contributed by atoms with van der Waals surface area (Å²) in [6.45, 7) is 3.34. The molecule has 2 rings (SSSR count). The second-order valence-corrected chi connectivity index (χ2v) is 6.18. The van der Waals surface area contributed by atoms with Crippen LogP contribution < -0.4 is 4.74 Å². The summed E-state index contributed by atoms with van der Waals surface area (Å²) in [5, 5.41) is 0. The lowest BCUT2D eigenvalue weighted by Crippen LogP contribution is -2.37. The van der Waals surface area contributed by atoms with Crippen LogP contribution >= 0.6 is 0 Å². The molecule has 0 aromatic heterocycles. The maximum absolute atomic E-state index is 14.2. The third kappa shape index (κ3) is 3.93. The Balaban J connectivity index is 2.02. The molecule has 0 atom stereocenters. The molecule has 1 nitrogen and oxygen atoms in total. The van der Waals surface area contributed by atoms with Gasteiger partial charge in [-0.05, 0) is 38.5 Å².